The molecule has 3 aromatic rings. The van der Waals surface area contributed by atoms with Crippen molar-refractivity contribution in [3.63, 3.8) is 0 Å². The lowest BCUT2D eigenvalue weighted by atomic mass is 10.3. The molecule has 0 fully saturated rings. The SMILES string of the molecule is O=C(Nc1ccc(Cl)cc1Cl)c1nn2c(C(F)(F)F)nnc2s1. The zero-order valence-electron chi connectivity index (χ0n) is 10.7. The molecule has 2 heterocycles. The Kier molecular flexibility index (Phi) is 3.90. The lowest BCUT2D eigenvalue weighted by Gasteiger charge is -2.05. The van der Waals surface area contributed by atoms with Crippen LogP contribution in [0.15, 0.2) is 18.2 Å². The summed E-state index contributed by atoms with van der Waals surface area (Å²) in [6.45, 7) is 0. The van der Waals surface area contributed by atoms with Crippen molar-refractivity contribution in [3.8, 4) is 0 Å². The van der Waals surface area contributed by atoms with Gasteiger partial charge in [0.15, 0.2) is 0 Å². The number of alkyl halides is 3. The van der Waals surface area contributed by atoms with Crippen molar-refractivity contribution in [2.24, 2.45) is 0 Å². The van der Waals surface area contributed by atoms with Gasteiger partial charge in [-0.2, -0.15) is 17.7 Å². The summed E-state index contributed by atoms with van der Waals surface area (Å²) in [6, 6.07) is 4.38. The molecule has 0 saturated heterocycles. The molecule has 0 aliphatic rings. The number of nitrogens with zero attached hydrogens (tertiary/aromatic N) is 4. The first-order valence-electron chi connectivity index (χ1n) is 5.81. The highest BCUT2D eigenvalue weighted by Crippen LogP contribution is 2.30. The molecule has 23 heavy (non-hydrogen) atoms. The van der Waals surface area contributed by atoms with E-state index in [0.717, 1.165) is 0 Å². The van der Waals surface area contributed by atoms with E-state index in [1.807, 2.05) is 0 Å². The maximum absolute atomic E-state index is 12.7. The summed E-state index contributed by atoms with van der Waals surface area (Å²) < 4.78 is 38.6. The molecule has 3 rings (SSSR count). The minimum atomic E-state index is -4.72. The van der Waals surface area contributed by atoms with Gasteiger partial charge in [0.2, 0.25) is 9.97 Å². The van der Waals surface area contributed by atoms with Gasteiger partial charge < -0.3 is 5.32 Å². The smallest absolute Gasteiger partial charge is 0.318 e. The minimum absolute atomic E-state index is 0.148. The number of carbonyl (C=O) groups excluding carboxylic acids is 1. The standard InChI is InChI=1S/C11H4Cl2F3N5OS/c12-4-1-2-6(5(13)3-4)17-7(22)8-20-21-9(11(14,15)16)18-19-10(21)23-8/h1-3H,(H,17,22). The van der Waals surface area contributed by atoms with E-state index in [9.17, 15) is 18.0 Å². The van der Waals surface area contributed by atoms with E-state index in [2.05, 4.69) is 20.6 Å². The topological polar surface area (TPSA) is 72.2 Å². The van der Waals surface area contributed by atoms with E-state index in [4.69, 9.17) is 23.2 Å². The molecule has 0 unspecified atom stereocenters. The predicted octanol–water partition coefficient (Wildman–Crippen LogP) is 3.76. The van der Waals surface area contributed by atoms with Crippen LogP contribution < -0.4 is 5.32 Å². The van der Waals surface area contributed by atoms with Gasteiger partial charge >= 0.3 is 6.18 Å². The fourth-order valence-electron chi connectivity index (χ4n) is 1.65. The summed E-state index contributed by atoms with van der Waals surface area (Å²) >= 11 is 12.3. The number of nitrogens with one attached hydrogen (secondary N) is 1. The van der Waals surface area contributed by atoms with Crippen molar-refractivity contribution in [1.29, 1.82) is 0 Å². The van der Waals surface area contributed by atoms with Gasteiger partial charge in [0.25, 0.3) is 11.7 Å². The number of fused-ring (bicyclic) bond motifs is 1. The maximum atomic E-state index is 12.7. The molecule has 0 aliphatic heterocycles. The van der Waals surface area contributed by atoms with Gasteiger partial charge in [0.05, 0.1) is 10.7 Å². The molecule has 120 valence electrons. The Labute approximate surface area is 139 Å². The third-order valence-corrected chi connectivity index (χ3v) is 4.06. The average molecular weight is 382 g/mol. The Morgan fingerprint density at radius 1 is 1.26 bits per heavy atom. The zero-order valence-corrected chi connectivity index (χ0v) is 13.1. The Hall–Kier alpha value is -1.91. The van der Waals surface area contributed by atoms with Crippen molar-refractivity contribution in [3.05, 3.63) is 39.1 Å². The molecule has 6 nitrogen and oxygen atoms in total. The van der Waals surface area contributed by atoms with Crippen molar-refractivity contribution in [1.82, 2.24) is 19.8 Å². The lowest BCUT2D eigenvalue weighted by Crippen LogP contribution is -2.15. The van der Waals surface area contributed by atoms with Crippen LogP contribution in [0.5, 0.6) is 0 Å². The molecule has 0 spiro atoms. The van der Waals surface area contributed by atoms with Gasteiger partial charge in [-0.3, -0.25) is 4.79 Å². The van der Waals surface area contributed by atoms with Gasteiger partial charge in [-0.25, -0.2) is 0 Å². The molecule has 1 N–H and O–H groups in total. The number of carbonyl (C=O) groups is 1. The molecular weight excluding hydrogens is 378 g/mol. The van der Waals surface area contributed by atoms with Crippen LogP contribution in [0, 0.1) is 0 Å². The van der Waals surface area contributed by atoms with E-state index in [-0.39, 0.29) is 20.7 Å². The molecule has 1 amide bonds. The fourth-order valence-corrected chi connectivity index (χ4v) is 2.84. The first kappa shape index (κ1) is 16.0. The minimum Gasteiger partial charge on any atom is -0.318 e. The number of benzene rings is 1. The Bertz CT molecular complexity index is 907. The van der Waals surface area contributed by atoms with Gasteiger partial charge in [-0.05, 0) is 18.2 Å². The first-order chi connectivity index (χ1) is 10.8. The van der Waals surface area contributed by atoms with Crippen LogP contribution in [0.4, 0.5) is 18.9 Å². The molecule has 0 atom stereocenters. The molecule has 0 bridgehead atoms. The monoisotopic (exact) mass is 381 g/mol. The van der Waals surface area contributed by atoms with Gasteiger partial charge in [0, 0.05) is 5.02 Å². The number of halogens is 5. The van der Waals surface area contributed by atoms with E-state index in [0.29, 0.717) is 20.9 Å². The Balaban J connectivity index is 1.91. The van der Waals surface area contributed by atoms with Crippen molar-refractivity contribution >= 4 is 51.1 Å². The fraction of sp³-hybridized carbons (Fsp3) is 0.0909. The largest absolute Gasteiger partial charge is 0.453 e. The number of aromatic nitrogens is 4. The van der Waals surface area contributed by atoms with Crippen molar-refractivity contribution in [2.45, 2.75) is 6.18 Å². The normalized spacial score (nSPS) is 11.9. The average Bonchev–Trinajstić information content (AvgIpc) is 3.00. The van der Waals surface area contributed by atoms with Gasteiger partial charge in [-0.15, -0.1) is 15.3 Å². The highest BCUT2D eigenvalue weighted by atomic mass is 35.5. The molecule has 1 aromatic carbocycles. The van der Waals surface area contributed by atoms with Gasteiger partial charge in [0.1, 0.15) is 0 Å². The van der Waals surface area contributed by atoms with E-state index in [1.54, 1.807) is 0 Å². The summed E-state index contributed by atoms with van der Waals surface area (Å²) in [5.74, 6) is -2.02. The molecule has 0 aliphatic carbocycles. The number of rotatable bonds is 2. The zero-order chi connectivity index (χ0) is 16.8. The number of hydrogen-bond acceptors (Lipinski definition) is 5. The Morgan fingerprint density at radius 2 is 2.00 bits per heavy atom. The molecule has 0 radical (unpaired) electrons. The van der Waals surface area contributed by atoms with Crippen molar-refractivity contribution < 1.29 is 18.0 Å². The van der Waals surface area contributed by atoms with Crippen LogP contribution >= 0.6 is 34.5 Å². The van der Waals surface area contributed by atoms with Crippen LogP contribution in [-0.4, -0.2) is 25.7 Å². The number of anilines is 1. The predicted molar refractivity (Wildman–Crippen MR) is 78.1 cm³/mol. The highest BCUT2D eigenvalue weighted by molar-refractivity contribution is 7.18. The first-order valence-corrected chi connectivity index (χ1v) is 7.39. The maximum Gasteiger partial charge on any atom is 0.453 e. The summed E-state index contributed by atoms with van der Waals surface area (Å²) in [5, 5.41) is 12.7. The van der Waals surface area contributed by atoms with E-state index < -0.39 is 17.9 Å². The second-order valence-electron chi connectivity index (χ2n) is 4.20. The van der Waals surface area contributed by atoms with E-state index >= 15 is 0 Å². The van der Waals surface area contributed by atoms with Crippen LogP contribution in [0.3, 0.4) is 0 Å². The summed E-state index contributed by atoms with van der Waals surface area (Å²) in [4.78, 5) is 11.9. The lowest BCUT2D eigenvalue weighted by molar-refractivity contribution is -0.146. The third-order valence-electron chi connectivity index (χ3n) is 2.62. The molecular formula is C11H4Cl2F3N5OS. The second kappa shape index (κ2) is 5.62. The van der Waals surface area contributed by atoms with E-state index in [1.165, 1.54) is 18.2 Å². The third kappa shape index (κ3) is 3.09. The van der Waals surface area contributed by atoms with Crippen LogP contribution in [0.1, 0.15) is 15.6 Å². The van der Waals surface area contributed by atoms with Crippen molar-refractivity contribution in [2.75, 3.05) is 5.32 Å². The highest BCUT2D eigenvalue weighted by Gasteiger charge is 2.38. The van der Waals surface area contributed by atoms with Gasteiger partial charge in [-0.1, -0.05) is 34.5 Å². The number of amides is 1. The summed E-state index contributed by atoms with van der Waals surface area (Å²) in [5.41, 5.74) is 0.253. The summed E-state index contributed by atoms with van der Waals surface area (Å²) in [7, 11) is 0. The second-order valence-corrected chi connectivity index (χ2v) is 6.00. The van der Waals surface area contributed by atoms with Crippen LogP contribution in [-0.2, 0) is 6.18 Å². The Morgan fingerprint density at radius 3 is 2.65 bits per heavy atom. The molecule has 0 saturated carbocycles. The summed E-state index contributed by atoms with van der Waals surface area (Å²) in [6.07, 6.45) is -4.72. The number of hydrogen-bond donors (Lipinski definition) is 1. The van der Waals surface area contributed by atoms with Crippen LogP contribution in [0.25, 0.3) is 4.96 Å². The molecule has 12 heteroatoms. The molecule has 2 aromatic heterocycles. The quantitative estimate of drug-likeness (QED) is 0.733. The van der Waals surface area contributed by atoms with Crippen LogP contribution in [0.2, 0.25) is 10.0 Å².